The van der Waals surface area contributed by atoms with Gasteiger partial charge in [0.05, 0.1) is 0 Å². The number of carbonyl (C=O) groups excluding carboxylic acids is 2. The van der Waals surface area contributed by atoms with Gasteiger partial charge in [-0.15, -0.1) is 0 Å². The fourth-order valence-electron chi connectivity index (χ4n) is 1.04. The van der Waals surface area contributed by atoms with Crippen molar-refractivity contribution in [1.82, 2.24) is 9.80 Å². The number of allylic oxidation sites excluding steroid dienone is 1. The van der Waals surface area contributed by atoms with Crippen LogP contribution in [0.4, 0.5) is 9.59 Å². The molecule has 5 heteroatoms. The minimum absolute atomic E-state index is 0.354. The number of hydrogen-bond donors (Lipinski definition) is 0. The first kappa shape index (κ1) is 9.06. The minimum Gasteiger partial charge on any atom is -0.299 e. The second kappa shape index (κ2) is 3.58. The van der Waals surface area contributed by atoms with Gasteiger partial charge in [-0.05, 0) is 18.5 Å². The van der Waals surface area contributed by atoms with E-state index in [2.05, 4.69) is 0 Å². The van der Waals surface area contributed by atoms with Crippen LogP contribution < -0.4 is 0 Å². The fraction of sp³-hybridized carbons (Fsp3) is 0.429. The zero-order chi connectivity index (χ0) is 9.14. The van der Waals surface area contributed by atoms with E-state index in [0.717, 1.165) is 4.90 Å². The standard InChI is InChI=1S/C7H9ClN2O2/c1-2-3-9-4-5-10(6(8)11)7(9)12/h2-3H,4-5H2,1H3/b3-2-. The molecule has 0 radical (unpaired) electrons. The Kier molecular flexibility index (Phi) is 2.70. The highest BCUT2D eigenvalue weighted by Gasteiger charge is 2.30. The summed E-state index contributed by atoms with van der Waals surface area (Å²) in [4.78, 5) is 24.3. The highest BCUT2D eigenvalue weighted by molar-refractivity contribution is 6.64. The maximum atomic E-state index is 11.2. The Balaban J connectivity index is 2.67. The Bertz CT molecular complexity index is 240. The molecule has 12 heavy (non-hydrogen) atoms. The highest BCUT2D eigenvalue weighted by Crippen LogP contribution is 2.11. The second-order valence-corrected chi connectivity index (χ2v) is 2.69. The topological polar surface area (TPSA) is 40.6 Å². The summed E-state index contributed by atoms with van der Waals surface area (Å²) in [6.45, 7) is 2.69. The van der Waals surface area contributed by atoms with Gasteiger partial charge in [-0.2, -0.15) is 0 Å². The van der Waals surface area contributed by atoms with Gasteiger partial charge in [0, 0.05) is 19.3 Å². The third-order valence-corrected chi connectivity index (χ3v) is 1.79. The molecule has 1 aliphatic rings. The van der Waals surface area contributed by atoms with E-state index in [1.807, 2.05) is 0 Å². The number of rotatable bonds is 1. The van der Waals surface area contributed by atoms with Crippen LogP contribution in [-0.4, -0.2) is 34.3 Å². The van der Waals surface area contributed by atoms with Crippen LogP contribution in [0.25, 0.3) is 0 Å². The van der Waals surface area contributed by atoms with E-state index in [1.54, 1.807) is 19.2 Å². The van der Waals surface area contributed by atoms with Crippen LogP contribution in [0.2, 0.25) is 0 Å². The largest absolute Gasteiger partial charge is 0.331 e. The maximum Gasteiger partial charge on any atom is 0.331 e. The number of hydrogen-bond acceptors (Lipinski definition) is 2. The van der Waals surface area contributed by atoms with Gasteiger partial charge in [0.15, 0.2) is 0 Å². The molecular formula is C7H9ClN2O2. The van der Waals surface area contributed by atoms with Gasteiger partial charge < -0.3 is 0 Å². The average molecular weight is 189 g/mol. The van der Waals surface area contributed by atoms with Crippen molar-refractivity contribution in [2.24, 2.45) is 0 Å². The first-order valence-corrected chi connectivity index (χ1v) is 3.95. The molecule has 1 fully saturated rings. The van der Waals surface area contributed by atoms with Gasteiger partial charge in [0.2, 0.25) is 0 Å². The monoisotopic (exact) mass is 188 g/mol. The molecule has 1 heterocycles. The van der Waals surface area contributed by atoms with Crippen molar-refractivity contribution in [3.8, 4) is 0 Å². The normalized spacial score (nSPS) is 18.0. The van der Waals surface area contributed by atoms with E-state index < -0.39 is 5.37 Å². The quantitative estimate of drug-likeness (QED) is 0.464. The van der Waals surface area contributed by atoms with E-state index in [-0.39, 0.29) is 6.03 Å². The first-order valence-electron chi connectivity index (χ1n) is 3.57. The molecule has 0 N–H and O–H groups in total. The molecule has 0 aromatic rings. The summed E-state index contributed by atoms with van der Waals surface area (Å²) in [6, 6.07) is -0.354. The molecule has 0 spiro atoms. The molecule has 0 bridgehead atoms. The molecule has 66 valence electrons. The van der Waals surface area contributed by atoms with Crippen molar-refractivity contribution in [1.29, 1.82) is 0 Å². The molecule has 1 aliphatic heterocycles. The molecule has 0 aromatic heterocycles. The van der Waals surface area contributed by atoms with Crippen molar-refractivity contribution in [2.75, 3.05) is 13.1 Å². The molecule has 4 nitrogen and oxygen atoms in total. The van der Waals surface area contributed by atoms with Crippen LogP contribution in [0.1, 0.15) is 6.92 Å². The van der Waals surface area contributed by atoms with Crippen molar-refractivity contribution in [3.05, 3.63) is 12.3 Å². The van der Waals surface area contributed by atoms with Gasteiger partial charge >= 0.3 is 11.4 Å². The minimum atomic E-state index is -0.716. The maximum absolute atomic E-state index is 11.2. The first-order chi connectivity index (χ1) is 5.66. The molecule has 1 rings (SSSR count). The summed E-state index contributed by atoms with van der Waals surface area (Å²) in [5, 5.41) is -0.716. The van der Waals surface area contributed by atoms with Crippen molar-refractivity contribution < 1.29 is 9.59 Å². The lowest BCUT2D eigenvalue weighted by Gasteiger charge is -2.10. The predicted molar refractivity (Wildman–Crippen MR) is 44.9 cm³/mol. The van der Waals surface area contributed by atoms with Crippen molar-refractivity contribution >= 4 is 23.0 Å². The van der Waals surface area contributed by atoms with Gasteiger partial charge in [0.1, 0.15) is 0 Å². The zero-order valence-corrected chi connectivity index (χ0v) is 7.41. The zero-order valence-electron chi connectivity index (χ0n) is 6.66. The van der Waals surface area contributed by atoms with Crippen molar-refractivity contribution in [2.45, 2.75) is 6.92 Å². The van der Waals surface area contributed by atoms with Gasteiger partial charge in [0.25, 0.3) is 0 Å². The number of carbonyl (C=O) groups is 2. The summed E-state index contributed by atoms with van der Waals surface area (Å²) in [6.07, 6.45) is 3.36. The van der Waals surface area contributed by atoms with Crippen LogP contribution in [0.3, 0.4) is 0 Å². The molecule has 0 unspecified atom stereocenters. The third kappa shape index (κ3) is 1.58. The Hall–Kier alpha value is -1.03. The number of halogens is 1. The van der Waals surface area contributed by atoms with Gasteiger partial charge in [-0.1, -0.05) is 6.08 Å². The SMILES string of the molecule is C/C=C\N1CCN(C(=O)Cl)C1=O. The van der Waals surface area contributed by atoms with Crippen molar-refractivity contribution in [3.63, 3.8) is 0 Å². The Morgan fingerprint density at radius 1 is 1.58 bits per heavy atom. The molecule has 0 atom stereocenters. The molecular weight excluding hydrogens is 180 g/mol. The molecule has 1 saturated heterocycles. The van der Waals surface area contributed by atoms with Gasteiger partial charge in [-0.25, -0.2) is 9.69 Å². The molecule has 0 saturated carbocycles. The fourth-order valence-corrected chi connectivity index (χ4v) is 1.19. The number of urea groups is 1. The second-order valence-electron chi connectivity index (χ2n) is 2.36. The highest BCUT2D eigenvalue weighted by atomic mass is 35.5. The lowest BCUT2D eigenvalue weighted by Crippen LogP contribution is -2.30. The molecule has 0 aromatic carbocycles. The van der Waals surface area contributed by atoms with Gasteiger partial charge in [-0.3, -0.25) is 9.69 Å². The Morgan fingerprint density at radius 2 is 2.25 bits per heavy atom. The van der Waals surface area contributed by atoms with Crippen LogP contribution >= 0.6 is 11.6 Å². The molecule has 0 aliphatic carbocycles. The molecule has 3 amide bonds. The number of amides is 3. The van der Waals surface area contributed by atoms with E-state index in [4.69, 9.17) is 11.6 Å². The lowest BCUT2D eigenvalue weighted by molar-refractivity contribution is 0.202. The summed E-state index contributed by atoms with van der Waals surface area (Å²) in [7, 11) is 0. The Morgan fingerprint density at radius 3 is 2.67 bits per heavy atom. The average Bonchev–Trinajstić information content (AvgIpc) is 2.34. The summed E-state index contributed by atoms with van der Waals surface area (Å²) < 4.78 is 0. The van der Waals surface area contributed by atoms with Crippen LogP contribution in [0, 0.1) is 0 Å². The lowest BCUT2D eigenvalue weighted by atomic mass is 10.6. The van der Waals surface area contributed by atoms with E-state index in [0.29, 0.717) is 13.1 Å². The van der Waals surface area contributed by atoms with E-state index in [9.17, 15) is 9.59 Å². The van der Waals surface area contributed by atoms with Crippen LogP contribution in [0.5, 0.6) is 0 Å². The number of nitrogens with zero attached hydrogens (tertiary/aromatic N) is 2. The smallest absolute Gasteiger partial charge is 0.299 e. The predicted octanol–water partition coefficient (Wildman–Crippen LogP) is 1.62. The summed E-state index contributed by atoms with van der Waals surface area (Å²) in [5.41, 5.74) is 0. The van der Waals surface area contributed by atoms with E-state index in [1.165, 1.54) is 4.90 Å². The Labute approximate surface area is 75.4 Å². The summed E-state index contributed by atoms with van der Waals surface area (Å²) >= 11 is 5.16. The third-order valence-electron chi connectivity index (χ3n) is 1.58. The van der Waals surface area contributed by atoms with Crippen LogP contribution in [0.15, 0.2) is 12.3 Å². The summed E-state index contributed by atoms with van der Waals surface area (Å²) in [5.74, 6) is 0. The van der Waals surface area contributed by atoms with Crippen LogP contribution in [-0.2, 0) is 0 Å². The van der Waals surface area contributed by atoms with E-state index >= 15 is 0 Å². The number of imide groups is 1.